The summed E-state index contributed by atoms with van der Waals surface area (Å²) in [5, 5.41) is 14.0. The maximum Gasteiger partial charge on any atom is 0.407 e. The van der Waals surface area contributed by atoms with Crippen molar-refractivity contribution in [1.82, 2.24) is 10.6 Å². The van der Waals surface area contributed by atoms with Crippen LogP contribution >= 0.6 is 0 Å². The highest BCUT2D eigenvalue weighted by Gasteiger charge is 2.29. The van der Waals surface area contributed by atoms with Crippen molar-refractivity contribution in [3.05, 3.63) is 59.7 Å². The van der Waals surface area contributed by atoms with Crippen LogP contribution < -0.4 is 10.6 Å². The summed E-state index contributed by atoms with van der Waals surface area (Å²) < 4.78 is 5.50. The van der Waals surface area contributed by atoms with E-state index < -0.39 is 30.1 Å². The number of alkyl carbamates (subject to hydrolysis) is 1. The number of benzene rings is 2. The second kappa shape index (κ2) is 9.43. The molecule has 158 valence electrons. The summed E-state index contributed by atoms with van der Waals surface area (Å²) in [6.45, 7) is 3.42. The number of hydrogen-bond donors (Lipinski definition) is 3. The summed E-state index contributed by atoms with van der Waals surface area (Å²) in [5.41, 5.74) is 4.55. The second-order valence-electron chi connectivity index (χ2n) is 7.41. The van der Waals surface area contributed by atoms with Crippen LogP contribution in [0.2, 0.25) is 0 Å². The Morgan fingerprint density at radius 1 is 1.00 bits per heavy atom. The van der Waals surface area contributed by atoms with E-state index in [9.17, 15) is 14.4 Å². The Bertz CT molecular complexity index is 897. The number of carboxylic acids is 1. The van der Waals surface area contributed by atoms with Gasteiger partial charge >= 0.3 is 12.1 Å². The molecule has 7 nitrogen and oxygen atoms in total. The Morgan fingerprint density at radius 3 is 2.10 bits per heavy atom. The minimum absolute atomic E-state index is 0.0156. The number of amides is 2. The van der Waals surface area contributed by atoms with Crippen molar-refractivity contribution in [2.24, 2.45) is 0 Å². The molecule has 3 rings (SSSR count). The van der Waals surface area contributed by atoms with Crippen LogP contribution in [0.4, 0.5) is 4.79 Å². The number of ether oxygens (including phenoxy) is 1. The van der Waals surface area contributed by atoms with Crippen LogP contribution in [-0.4, -0.2) is 41.8 Å². The normalized spacial score (nSPS) is 14.2. The van der Waals surface area contributed by atoms with Crippen LogP contribution in [-0.2, 0) is 14.3 Å². The van der Waals surface area contributed by atoms with Gasteiger partial charge in [-0.2, -0.15) is 0 Å². The van der Waals surface area contributed by atoms with Crippen molar-refractivity contribution in [2.45, 2.75) is 44.7 Å². The third kappa shape index (κ3) is 4.79. The Kier molecular flexibility index (Phi) is 6.72. The average Bonchev–Trinajstić information content (AvgIpc) is 3.05. The second-order valence-corrected chi connectivity index (χ2v) is 7.41. The van der Waals surface area contributed by atoms with Gasteiger partial charge in [0, 0.05) is 18.4 Å². The fourth-order valence-corrected chi connectivity index (χ4v) is 3.69. The van der Waals surface area contributed by atoms with Gasteiger partial charge in [0.05, 0.1) is 0 Å². The van der Waals surface area contributed by atoms with Gasteiger partial charge in [-0.25, -0.2) is 4.79 Å². The van der Waals surface area contributed by atoms with Crippen molar-refractivity contribution >= 4 is 18.0 Å². The van der Waals surface area contributed by atoms with Crippen molar-refractivity contribution in [2.75, 3.05) is 6.61 Å². The SMILES string of the molecule is CC[C@H](CC(=O)N[C@@H](C)C(=O)O)NC(=O)OCC1c2ccccc2-c2ccccc21. The lowest BCUT2D eigenvalue weighted by Crippen LogP contribution is -2.43. The molecule has 1 aliphatic rings. The number of hydrogen-bond acceptors (Lipinski definition) is 4. The fraction of sp³-hybridized carbons (Fsp3) is 0.348. The van der Waals surface area contributed by atoms with Crippen molar-refractivity contribution in [3.8, 4) is 11.1 Å². The fourth-order valence-electron chi connectivity index (χ4n) is 3.69. The van der Waals surface area contributed by atoms with Gasteiger partial charge in [-0.3, -0.25) is 9.59 Å². The van der Waals surface area contributed by atoms with Gasteiger partial charge in [-0.1, -0.05) is 55.5 Å². The van der Waals surface area contributed by atoms with Gasteiger partial charge in [-0.15, -0.1) is 0 Å². The first-order chi connectivity index (χ1) is 14.4. The first-order valence-corrected chi connectivity index (χ1v) is 10.0. The largest absolute Gasteiger partial charge is 0.480 e. The zero-order valence-electron chi connectivity index (χ0n) is 17.1. The van der Waals surface area contributed by atoms with E-state index in [1.807, 2.05) is 43.3 Å². The molecule has 0 heterocycles. The van der Waals surface area contributed by atoms with E-state index in [4.69, 9.17) is 9.84 Å². The number of carbonyl (C=O) groups is 3. The summed E-state index contributed by atoms with van der Waals surface area (Å²) in [4.78, 5) is 35.2. The molecule has 0 saturated heterocycles. The summed E-state index contributed by atoms with van der Waals surface area (Å²) >= 11 is 0. The smallest absolute Gasteiger partial charge is 0.407 e. The topological polar surface area (TPSA) is 105 Å². The van der Waals surface area contributed by atoms with E-state index >= 15 is 0 Å². The van der Waals surface area contributed by atoms with Crippen LogP contribution in [0.25, 0.3) is 11.1 Å². The Labute approximate surface area is 175 Å². The molecule has 3 N–H and O–H groups in total. The van der Waals surface area contributed by atoms with Crippen LogP contribution in [0, 0.1) is 0 Å². The predicted octanol–water partition coefficient (Wildman–Crippen LogP) is 3.28. The molecule has 0 unspecified atom stereocenters. The number of rotatable bonds is 8. The quantitative estimate of drug-likeness (QED) is 0.619. The summed E-state index contributed by atoms with van der Waals surface area (Å²) in [6, 6.07) is 14.7. The molecule has 2 atom stereocenters. The van der Waals surface area contributed by atoms with Gasteiger partial charge in [0.15, 0.2) is 0 Å². The zero-order valence-corrected chi connectivity index (χ0v) is 17.1. The maximum absolute atomic E-state index is 12.3. The van der Waals surface area contributed by atoms with Crippen LogP contribution in [0.3, 0.4) is 0 Å². The van der Waals surface area contributed by atoms with Gasteiger partial charge in [0.1, 0.15) is 12.6 Å². The van der Waals surface area contributed by atoms with Gasteiger partial charge < -0.3 is 20.5 Å². The van der Waals surface area contributed by atoms with E-state index in [-0.39, 0.29) is 18.9 Å². The monoisotopic (exact) mass is 410 g/mol. The van der Waals surface area contributed by atoms with E-state index in [0.29, 0.717) is 6.42 Å². The third-order valence-corrected chi connectivity index (χ3v) is 5.34. The molecule has 2 amide bonds. The molecular formula is C23H26N2O5. The summed E-state index contributed by atoms with van der Waals surface area (Å²) in [7, 11) is 0. The van der Waals surface area contributed by atoms with Gasteiger partial charge in [-0.05, 0) is 35.6 Å². The van der Waals surface area contributed by atoms with Crippen LogP contribution in [0.5, 0.6) is 0 Å². The molecule has 0 fully saturated rings. The maximum atomic E-state index is 12.3. The van der Waals surface area contributed by atoms with E-state index in [2.05, 4.69) is 22.8 Å². The highest BCUT2D eigenvalue weighted by Crippen LogP contribution is 2.44. The van der Waals surface area contributed by atoms with E-state index in [1.165, 1.54) is 6.92 Å². The van der Waals surface area contributed by atoms with Gasteiger partial charge in [0.25, 0.3) is 0 Å². The molecule has 0 radical (unpaired) electrons. The first-order valence-electron chi connectivity index (χ1n) is 10.0. The standard InChI is InChI=1S/C23H26N2O5/c1-3-15(12-21(26)24-14(2)22(27)28)25-23(29)30-13-20-18-10-6-4-8-16(18)17-9-5-7-11-19(17)20/h4-11,14-15,20H,3,12-13H2,1-2H3,(H,24,26)(H,25,29)(H,27,28)/t14-,15+/m0/s1. The molecule has 2 aromatic rings. The van der Waals surface area contributed by atoms with Crippen molar-refractivity contribution < 1.29 is 24.2 Å². The average molecular weight is 410 g/mol. The highest BCUT2D eigenvalue weighted by molar-refractivity contribution is 5.84. The summed E-state index contributed by atoms with van der Waals surface area (Å²) in [6.07, 6.45) is -0.0972. The Balaban J connectivity index is 1.58. The lowest BCUT2D eigenvalue weighted by atomic mass is 9.98. The third-order valence-electron chi connectivity index (χ3n) is 5.34. The van der Waals surface area contributed by atoms with Crippen LogP contribution in [0.1, 0.15) is 43.7 Å². The van der Waals surface area contributed by atoms with Crippen molar-refractivity contribution in [3.63, 3.8) is 0 Å². The molecule has 2 aromatic carbocycles. The molecule has 0 saturated carbocycles. The molecule has 0 spiro atoms. The lowest BCUT2D eigenvalue weighted by Gasteiger charge is -2.19. The number of aliphatic carboxylic acids is 1. The molecule has 0 bridgehead atoms. The number of nitrogens with one attached hydrogen (secondary N) is 2. The molecule has 1 aliphatic carbocycles. The van der Waals surface area contributed by atoms with E-state index in [0.717, 1.165) is 22.3 Å². The zero-order chi connectivity index (χ0) is 21.7. The predicted molar refractivity (Wildman–Crippen MR) is 112 cm³/mol. The number of carboxylic acid groups (broad SMARTS) is 1. The minimum Gasteiger partial charge on any atom is -0.480 e. The highest BCUT2D eigenvalue weighted by atomic mass is 16.5. The molecule has 0 aromatic heterocycles. The molecular weight excluding hydrogens is 384 g/mol. The Hall–Kier alpha value is -3.35. The first kappa shape index (κ1) is 21.4. The van der Waals surface area contributed by atoms with Crippen LogP contribution in [0.15, 0.2) is 48.5 Å². The van der Waals surface area contributed by atoms with E-state index in [1.54, 1.807) is 0 Å². The van der Waals surface area contributed by atoms with Crippen molar-refractivity contribution in [1.29, 1.82) is 0 Å². The summed E-state index contributed by atoms with van der Waals surface area (Å²) in [5.74, 6) is -1.58. The lowest BCUT2D eigenvalue weighted by molar-refractivity contribution is -0.141. The Morgan fingerprint density at radius 2 is 1.57 bits per heavy atom. The van der Waals surface area contributed by atoms with Gasteiger partial charge in [0.2, 0.25) is 5.91 Å². The molecule has 30 heavy (non-hydrogen) atoms. The molecule has 7 heteroatoms. The molecule has 0 aliphatic heterocycles. The minimum atomic E-state index is -1.11. The number of carbonyl (C=O) groups excluding carboxylic acids is 2. The number of fused-ring (bicyclic) bond motifs is 3.